The van der Waals surface area contributed by atoms with Crippen LogP contribution >= 0.6 is 11.6 Å². The molecule has 2 aromatic rings. The predicted octanol–water partition coefficient (Wildman–Crippen LogP) is 4.17. The summed E-state index contributed by atoms with van der Waals surface area (Å²) in [5.74, 6) is -1.94. The van der Waals surface area contributed by atoms with E-state index in [9.17, 15) is 13.6 Å². The molecule has 0 heterocycles. The summed E-state index contributed by atoms with van der Waals surface area (Å²) in [6.07, 6.45) is 0. The fourth-order valence-electron chi connectivity index (χ4n) is 1.83. The topological polar surface area (TPSA) is 26.3 Å². The lowest BCUT2D eigenvalue weighted by molar-refractivity contribution is 0.103. The molecule has 0 fully saturated rings. The van der Waals surface area contributed by atoms with Gasteiger partial charge in [0.2, 0.25) is 0 Å². The van der Waals surface area contributed by atoms with Crippen molar-refractivity contribution in [2.75, 3.05) is 7.11 Å². The number of ether oxygens (including phenoxy) is 1. The highest BCUT2D eigenvalue weighted by Gasteiger charge is 2.20. The van der Waals surface area contributed by atoms with Crippen LogP contribution in [0, 0.1) is 18.6 Å². The lowest BCUT2D eigenvalue weighted by Gasteiger charge is -2.09. The van der Waals surface area contributed by atoms with Crippen LogP contribution in [0.2, 0.25) is 5.02 Å². The molecule has 20 heavy (non-hydrogen) atoms. The van der Waals surface area contributed by atoms with Gasteiger partial charge in [0.05, 0.1) is 18.2 Å². The van der Waals surface area contributed by atoms with Crippen LogP contribution < -0.4 is 4.74 Å². The van der Waals surface area contributed by atoms with Gasteiger partial charge >= 0.3 is 0 Å². The van der Waals surface area contributed by atoms with E-state index < -0.39 is 17.4 Å². The average Bonchev–Trinajstić information content (AvgIpc) is 2.42. The first-order valence-corrected chi connectivity index (χ1v) is 6.15. The molecule has 0 radical (unpaired) electrons. The van der Waals surface area contributed by atoms with Crippen LogP contribution in [0.15, 0.2) is 30.3 Å². The molecule has 0 unspecified atom stereocenters. The molecular formula is C15H11ClF2O2. The highest BCUT2D eigenvalue weighted by atomic mass is 35.5. The summed E-state index contributed by atoms with van der Waals surface area (Å²) in [6.45, 7) is 1.46. The van der Waals surface area contributed by atoms with E-state index in [0.717, 1.165) is 0 Å². The highest BCUT2D eigenvalue weighted by Crippen LogP contribution is 2.27. The molecule has 0 aromatic heterocycles. The smallest absolute Gasteiger partial charge is 0.199 e. The molecule has 0 aliphatic rings. The maximum absolute atomic E-state index is 13.8. The van der Waals surface area contributed by atoms with Gasteiger partial charge in [-0.1, -0.05) is 11.6 Å². The first kappa shape index (κ1) is 14.5. The lowest BCUT2D eigenvalue weighted by atomic mass is 10.00. The molecule has 2 aromatic carbocycles. The molecule has 104 valence electrons. The van der Waals surface area contributed by atoms with Crippen LogP contribution in [0.4, 0.5) is 8.78 Å². The Morgan fingerprint density at radius 1 is 1.10 bits per heavy atom. The Bertz CT molecular complexity index is 684. The standard InChI is InChI=1S/C15H11ClF2O2/c1-8-5-10(13(18)7-12(8)17)15(19)11-6-9(16)3-4-14(11)20-2/h3-7H,1-2H3. The fourth-order valence-corrected chi connectivity index (χ4v) is 2.01. The Morgan fingerprint density at radius 2 is 1.80 bits per heavy atom. The first-order chi connectivity index (χ1) is 9.43. The molecule has 0 aliphatic heterocycles. The number of benzene rings is 2. The number of carbonyl (C=O) groups excluding carboxylic acids is 1. The number of rotatable bonds is 3. The third kappa shape index (κ3) is 2.65. The minimum atomic E-state index is -0.917. The summed E-state index contributed by atoms with van der Waals surface area (Å²) in [5, 5.41) is 0.327. The molecule has 0 amide bonds. The molecule has 0 bridgehead atoms. The molecule has 2 rings (SSSR count). The van der Waals surface area contributed by atoms with E-state index in [4.69, 9.17) is 16.3 Å². The zero-order valence-corrected chi connectivity index (χ0v) is 11.6. The molecule has 0 aliphatic carbocycles. The van der Waals surface area contributed by atoms with Gasteiger partial charge < -0.3 is 4.74 Å². The molecule has 0 N–H and O–H groups in total. The minimum absolute atomic E-state index is 0.130. The van der Waals surface area contributed by atoms with Crippen molar-refractivity contribution >= 4 is 17.4 Å². The highest BCUT2D eigenvalue weighted by molar-refractivity contribution is 6.31. The van der Waals surface area contributed by atoms with Gasteiger partial charge in [0.15, 0.2) is 5.78 Å². The van der Waals surface area contributed by atoms with Crippen LogP contribution in [-0.4, -0.2) is 12.9 Å². The van der Waals surface area contributed by atoms with Crippen molar-refractivity contribution in [1.82, 2.24) is 0 Å². The second-order valence-corrected chi connectivity index (χ2v) is 4.69. The van der Waals surface area contributed by atoms with Gasteiger partial charge in [0, 0.05) is 11.1 Å². The number of hydrogen-bond acceptors (Lipinski definition) is 2. The van der Waals surface area contributed by atoms with Crippen LogP contribution in [-0.2, 0) is 0 Å². The van der Waals surface area contributed by atoms with E-state index in [1.54, 1.807) is 6.07 Å². The largest absolute Gasteiger partial charge is 0.496 e. The van der Waals surface area contributed by atoms with Gasteiger partial charge in [-0.2, -0.15) is 0 Å². The third-order valence-electron chi connectivity index (χ3n) is 2.90. The normalized spacial score (nSPS) is 10.4. The van der Waals surface area contributed by atoms with Gasteiger partial charge in [-0.25, -0.2) is 8.78 Å². The summed E-state index contributed by atoms with van der Waals surface area (Å²) in [4.78, 5) is 12.4. The van der Waals surface area contributed by atoms with Gasteiger partial charge in [0.1, 0.15) is 17.4 Å². The SMILES string of the molecule is COc1ccc(Cl)cc1C(=O)c1cc(C)c(F)cc1F. The van der Waals surface area contributed by atoms with Crippen molar-refractivity contribution in [3.05, 3.63) is 63.7 Å². The van der Waals surface area contributed by atoms with Crippen molar-refractivity contribution in [1.29, 1.82) is 0 Å². The molecular weight excluding hydrogens is 286 g/mol. The van der Waals surface area contributed by atoms with Crippen LogP contribution in [0.25, 0.3) is 0 Å². The van der Waals surface area contributed by atoms with E-state index in [1.807, 2.05) is 0 Å². The summed E-state index contributed by atoms with van der Waals surface area (Å²) < 4.78 is 32.1. The van der Waals surface area contributed by atoms with Crippen LogP contribution in [0.1, 0.15) is 21.5 Å². The molecule has 0 atom stereocenters. The summed E-state index contributed by atoms with van der Waals surface area (Å²) >= 11 is 5.84. The van der Waals surface area contributed by atoms with Crippen molar-refractivity contribution in [2.45, 2.75) is 6.92 Å². The van der Waals surface area contributed by atoms with Gasteiger partial charge in [-0.15, -0.1) is 0 Å². The molecule has 5 heteroatoms. The van der Waals surface area contributed by atoms with E-state index in [1.165, 1.54) is 32.2 Å². The van der Waals surface area contributed by atoms with Gasteiger partial charge in [0.25, 0.3) is 0 Å². The Morgan fingerprint density at radius 3 is 2.45 bits per heavy atom. The van der Waals surface area contributed by atoms with Crippen LogP contribution in [0.3, 0.4) is 0 Å². The fraction of sp³-hybridized carbons (Fsp3) is 0.133. The van der Waals surface area contributed by atoms with E-state index in [-0.39, 0.29) is 22.4 Å². The lowest BCUT2D eigenvalue weighted by Crippen LogP contribution is -2.07. The summed E-state index contributed by atoms with van der Waals surface area (Å²) in [6, 6.07) is 6.33. The second-order valence-electron chi connectivity index (χ2n) is 4.25. The molecule has 0 saturated carbocycles. The van der Waals surface area contributed by atoms with Crippen molar-refractivity contribution in [3.63, 3.8) is 0 Å². The van der Waals surface area contributed by atoms with Crippen LogP contribution in [0.5, 0.6) is 5.75 Å². The van der Waals surface area contributed by atoms with Crippen molar-refractivity contribution in [3.8, 4) is 5.75 Å². The summed E-state index contributed by atoms with van der Waals surface area (Å²) in [7, 11) is 1.40. The Labute approximate surface area is 119 Å². The Kier molecular flexibility index (Phi) is 4.04. The molecule has 0 spiro atoms. The zero-order chi connectivity index (χ0) is 14.9. The number of methoxy groups -OCH3 is 1. The average molecular weight is 297 g/mol. The molecule has 0 saturated heterocycles. The first-order valence-electron chi connectivity index (χ1n) is 5.78. The van der Waals surface area contributed by atoms with Gasteiger partial charge in [-0.3, -0.25) is 4.79 Å². The quantitative estimate of drug-likeness (QED) is 0.795. The monoisotopic (exact) mass is 296 g/mol. The summed E-state index contributed by atoms with van der Waals surface area (Å²) in [5.41, 5.74) is 0.102. The van der Waals surface area contributed by atoms with Crippen molar-refractivity contribution in [2.24, 2.45) is 0 Å². The van der Waals surface area contributed by atoms with Crippen molar-refractivity contribution < 1.29 is 18.3 Å². The number of halogens is 3. The van der Waals surface area contributed by atoms with E-state index in [2.05, 4.69) is 0 Å². The maximum atomic E-state index is 13.8. The van der Waals surface area contributed by atoms with E-state index in [0.29, 0.717) is 11.1 Å². The molecule has 2 nitrogen and oxygen atoms in total. The Balaban J connectivity index is 2.57. The zero-order valence-electron chi connectivity index (χ0n) is 10.8. The number of ketones is 1. The Hall–Kier alpha value is -1.94. The predicted molar refractivity (Wildman–Crippen MR) is 72.5 cm³/mol. The van der Waals surface area contributed by atoms with Gasteiger partial charge in [-0.05, 0) is 36.8 Å². The van der Waals surface area contributed by atoms with E-state index >= 15 is 0 Å². The second kappa shape index (κ2) is 5.59. The number of hydrogen-bond donors (Lipinski definition) is 0. The minimum Gasteiger partial charge on any atom is -0.496 e. The third-order valence-corrected chi connectivity index (χ3v) is 3.13. The number of carbonyl (C=O) groups is 1. The maximum Gasteiger partial charge on any atom is 0.199 e. The number of aryl methyl sites for hydroxylation is 1.